The Balaban J connectivity index is 0.00000196. The van der Waals surface area contributed by atoms with Gasteiger partial charge >= 0.3 is 35.5 Å². The molecule has 3 aromatic rings. The summed E-state index contributed by atoms with van der Waals surface area (Å²) < 4.78 is 5.12. The van der Waals surface area contributed by atoms with E-state index in [0.29, 0.717) is 5.56 Å². The van der Waals surface area contributed by atoms with Gasteiger partial charge in [0, 0.05) is 11.1 Å². The van der Waals surface area contributed by atoms with Crippen LogP contribution in [-0.2, 0) is 0 Å². The summed E-state index contributed by atoms with van der Waals surface area (Å²) in [6.45, 7) is 0. The third kappa shape index (κ3) is 4.43. The number of carboxylic acids is 1. The van der Waals surface area contributed by atoms with E-state index in [-0.39, 0.29) is 63.4 Å². The molecule has 7 heteroatoms. The van der Waals surface area contributed by atoms with Crippen molar-refractivity contribution >= 4 is 17.4 Å². The predicted molar refractivity (Wildman–Crippen MR) is 102 cm³/mol. The van der Waals surface area contributed by atoms with Gasteiger partial charge in [0.2, 0.25) is 0 Å². The molecule has 0 saturated heterocycles. The summed E-state index contributed by atoms with van der Waals surface area (Å²) >= 11 is 0. The van der Waals surface area contributed by atoms with Crippen LogP contribution in [0.15, 0.2) is 66.7 Å². The van der Waals surface area contributed by atoms with Gasteiger partial charge in [-0.3, -0.25) is 4.79 Å². The van der Waals surface area contributed by atoms with Crippen molar-refractivity contribution in [2.75, 3.05) is 12.8 Å². The third-order valence-corrected chi connectivity index (χ3v) is 4.13. The molecule has 3 rings (SSSR count). The van der Waals surface area contributed by atoms with Crippen LogP contribution >= 0.6 is 0 Å². The van der Waals surface area contributed by atoms with E-state index in [0.717, 1.165) is 11.1 Å². The molecule has 0 heterocycles. The normalized spacial score (nSPS) is 9.61. The van der Waals surface area contributed by atoms with Gasteiger partial charge in [-0.05, 0) is 23.3 Å². The average molecular weight is 387 g/mol. The Bertz CT molecular complexity index is 989. The summed E-state index contributed by atoms with van der Waals surface area (Å²) in [6, 6.07) is 19.5. The van der Waals surface area contributed by atoms with Crippen LogP contribution in [0.3, 0.4) is 0 Å². The van der Waals surface area contributed by atoms with E-state index < -0.39 is 5.97 Å². The molecule has 0 radical (unpaired) electrons. The smallest absolute Gasteiger partial charge is 0.870 e. The summed E-state index contributed by atoms with van der Waals surface area (Å²) in [4.78, 5) is 24.4. The van der Waals surface area contributed by atoms with Crippen LogP contribution in [0.1, 0.15) is 26.3 Å². The zero-order chi connectivity index (χ0) is 18.7. The van der Waals surface area contributed by atoms with Crippen LogP contribution in [0.2, 0.25) is 0 Å². The number of nitrogens with two attached hydrogens (primary N) is 1. The van der Waals surface area contributed by atoms with Crippen LogP contribution in [-0.4, -0.2) is 29.4 Å². The second-order valence-corrected chi connectivity index (χ2v) is 5.65. The van der Waals surface area contributed by atoms with Crippen molar-refractivity contribution in [3.63, 3.8) is 0 Å². The quantitative estimate of drug-likeness (QED) is 0.378. The van der Waals surface area contributed by atoms with E-state index in [2.05, 4.69) is 0 Å². The number of ether oxygens (including phenoxy) is 1. The molecular formula is C21H18NNaO5. The van der Waals surface area contributed by atoms with E-state index in [4.69, 9.17) is 10.5 Å². The number of aromatic carboxylic acids is 1. The van der Waals surface area contributed by atoms with Crippen LogP contribution in [0.25, 0.3) is 11.1 Å². The number of nitrogen functional groups attached to an aromatic ring is 1. The van der Waals surface area contributed by atoms with E-state index in [1.807, 2.05) is 42.5 Å². The molecule has 0 aliphatic carbocycles. The molecule has 138 valence electrons. The van der Waals surface area contributed by atoms with Gasteiger partial charge in [0.1, 0.15) is 5.56 Å². The molecule has 0 bridgehead atoms. The molecule has 3 aromatic carbocycles. The molecule has 0 amide bonds. The number of carbonyl (C=O) groups is 2. The van der Waals surface area contributed by atoms with E-state index in [9.17, 15) is 14.7 Å². The molecule has 0 aliphatic heterocycles. The molecule has 0 unspecified atom stereocenters. The second kappa shape index (κ2) is 10.1. The van der Waals surface area contributed by atoms with Gasteiger partial charge in [-0.2, -0.15) is 0 Å². The van der Waals surface area contributed by atoms with Crippen LogP contribution in [0.5, 0.6) is 5.75 Å². The van der Waals surface area contributed by atoms with Gasteiger partial charge in [-0.25, -0.2) is 4.79 Å². The number of hydrogen-bond acceptors (Lipinski definition) is 5. The summed E-state index contributed by atoms with van der Waals surface area (Å²) in [7, 11) is 1.32. The number of carbonyl (C=O) groups excluding carboxylic acids is 1. The second-order valence-electron chi connectivity index (χ2n) is 5.65. The first kappa shape index (κ1) is 23.4. The first-order valence-electron chi connectivity index (χ1n) is 7.93. The number of hydrogen-bond donors (Lipinski definition) is 2. The first-order valence-corrected chi connectivity index (χ1v) is 7.93. The van der Waals surface area contributed by atoms with E-state index >= 15 is 0 Å². The number of rotatable bonds is 5. The number of methoxy groups -OCH3 is 1. The van der Waals surface area contributed by atoms with Crippen molar-refractivity contribution in [3.05, 3.63) is 83.4 Å². The Labute approximate surface area is 184 Å². The zero-order valence-electron chi connectivity index (χ0n) is 15.5. The first-order chi connectivity index (χ1) is 12.5. The summed E-state index contributed by atoms with van der Waals surface area (Å²) in [5.74, 6) is -1.48. The molecule has 0 aliphatic rings. The topological polar surface area (TPSA) is 120 Å². The average Bonchev–Trinajstić information content (AvgIpc) is 2.67. The van der Waals surface area contributed by atoms with Crippen molar-refractivity contribution in [2.24, 2.45) is 0 Å². The van der Waals surface area contributed by atoms with Gasteiger partial charge in [0.05, 0.1) is 12.8 Å². The minimum Gasteiger partial charge on any atom is -0.870 e. The Kier molecular flexibility index (Phi) is 8.40. The maximum absolute atomic E-state index is 13.1. The Morgan fingerprint density at radius 2 is 1.43 bits per heavy atom. The Hall–Kier alpha value is -2.64. The summed E-state index contributed by atoms with van der Waals surface area (Å²) in [5.41, 5.74) is 8.35. The van der Waals surface area contributed by atoms with Gasteiger partial charge < -0.3 is 21.1 Å². The largest absolute Gasteiger partial charge is 1.00 e. The fourth-order valence-electron chi connectivity index (χ4n) is 2.88. The summed E-state index contributed by atoms with van der Waals surface area (Å²) in [6.07, 6.45) is 0. The molecule has 0 atom stereocenters. The number of carboxylic acid groups (broad SMARTS) is 1. The van der Waals surface area contributed by atoms with Gasteiger partial charge in [-0.1, -0.05) is 54.6 Å². The zero-order valence-corrected chi connectivity index (χ0v) is 17.5. The fraction of sp³-hybridized carbons (Fsp3) is 0.0476. The molecule has 4 N–H and O–H groups in total. The van der Waals surface area contributed by atoms with Gasteiger partial charge in [0.15, 0.2) is 11.5 Å². The minimum absolute atomic E-state index is 0. The Morgan fingerprint density at radius 1 is 0.857 bits per heavy atom. The number of ketones is 1. The third-order valence-electron chi connectivity index (χ3n) is 4.13. The van der Waals surface area contributed by atoms with Gasteiger partial charge in [-0.15, -0.1) is 0 Å². The van der Waals surface area contributed by atoms with Crippen LogP contribution in [0, 0.1) is 0 Å². The fourth-order valence-corrected chi connectivity index (χ4v) is 2.88. The van der Waals surface area contributed by atoms with E-state index in [1.165, 1.54) is 19.2 Å². The Morgan fingerprint density at radius 3 is 2.04 bits per heavy atom. The molecular weight excluding hydrogens is 369 g/mol. The monoisotopic (exact) mass is 387 g/mol. The molecule has 28 heavy (non-hydrogen) atoms. The predicted octanol–water partition coefficient (Wildman–Crippen LogP) is 0.701. The maximum Gasteiger partial charge on any atom is 1.00 e. The molecule has 0 aromatic heterocycles. The summed E-state index contributed by atoms with van der Waals surface area (Å²) in [5, 5.41) is 9.24. The van der Waals surface area contributed by atoms with Crippen molar-refractivity contribution in [2.45, 2.75) is 0 Å². The van der Waals surface area contributed by atoms with Crippen molar-refractivity contribution < 1.29 is 54.5 Å². The molecule has 0 saturated carbocycles. The van der Waals surface area contributed by atoms with Crippen molar-refractivity contribution in [1.29, 1.82) is 0 Å². The number of benzene rings is 3. The van der Waals surface area contributed by atoms with Crippen LogP contribution < -0.4 is 40.0 Å². The van der Waals surface area contributed by atoms with Crippen molar-refractivity contribution in [1.82, 2.24) is 0 Å². The SMILES string of the molecule is COc1c(C(=O)O)ccc(C(=O)c2ccccc2-c2ccccc2)c1N.[Na+].[OH-]. The van der Waals surface area contributed by atoms with Gasteiger partial charge in [0.25, 0.3) is 0 Å². The maximum atomic E-state index is 13.1. The molecule has 6 nitrogen and oxygen atoms in total. The van der Waals surface area contributed by atoms with Crippen LogP contribution in [0.4, 0.5) is 5.69 Å². The van der Waals surface area contributed by atoms with E-state index in [1.54, 1.807) is 12.1 Å². The standard InChI is InChI=1S/C21H17NO4.Na.H2O/c1-26-20-17(21(24)25)12-11-16(18(20)22)19(23)15-10-6-5-9-14(15)13-7-3-2-4-8-13;;/h2-12H,22H2,1H3,(H,24,25);;1H2/q;+1;/p-1. The number of anilines is 1. The molecule has 0 spiro atoms. The minimum atomic E-state index is -1.17. The molecule has 0 fully saturated rings. The van der Waals surface area contributed by atoms with Crippen molar-refractivity contribution in [3.8, 4) is 16.9 Å².